The minimum atomic E-state index is 0.406. The number of nitrogens with zero attached hydrogens (tertiary/aromatic N) is 1. The average Bonchev–Trinajstić information content (AvgIpc) is 2.44. The van der Waals surface area contributed by atoms with E-state index in [1.165, 1.54) is 0 Å². The number of benzene rings is 1. The van der Waals surface area contributed by atoms with Crippen LogP contribution in [0, 0.1) is 0 Å². The van der Waals surface area contributed by atoms with E-state index >= 15 is 0 Å². The minimum Gasteiger partial charge on any atom is -0.494 e. The number of halogens is 1. The molecule has 4 heteroatoms. The molecule has 1 aromatic heterocycles. The van der Waals surface area contributed by atoms with Gasteiger partial charge >= 0.3 is 0 Å². The number of hydrogen-bond donors (Lipinski definition) is 1. The zero-order chi connectivity index (χ0) is 9.26. The predicted molar refractivity (Wildman–Crippen MR) is 52.3 cm³/mol. The van der Waals surface area contributed by atoms with Gasteiger partial charge in [0.25, 0.3) is 0 Å². The Labute approximate surface area is 80.7 Å². The van der Waals surface area contributed by atoms with Crippen molar-refractivity contribution in [2.24, 2.45) is 0 Å². The fourth-order valence-corrected chi connectivity index (χ4v) is 1.41. The molecule has 0 bridgehead atoms. The summed E-state index contributed by atoms with van der Waals surface area (Å²) in [5.74, 6) is 0.829. The quantitative estimate of drug-likeness (QED) is 0.802. The molecule has 0 atom stereocenters. The Bertz CT molecular complexity index is 424. The van der Waals surface area contributed by atoms with Gasteiger partial charge < -0.3 is 9.72 Å². The highest BCUT2D eigenvalue weighted by molar-refractivity contribution is 6.29. The molecule has 0 aliphatic heterocycles. The molecule has 0 spiro atoms. The molecule has 1 heterocycles. The van der Waals surface area contributed by atoms with Gasteiger partial charge in [-0.15, -0.1) is 0 Å². The predicted octanol–water partition coefficient (Wildman–Crippen LogP) is 2.62. The van der Waals surface area contributed by atoms with E-state index in [0.29, 0.717) is 11.9 Å². The topological polar surface area (TPSA) is 37.9 Å². The summed E-state index contributed by atoms with van der Waals surface area (Å²) >= 11 is 5.71. The molecular weight excluding hydrogens is 188 g/mol. The lowest BCUT2D eigenvalue weighted by Gasteiger charge is -2.00. The molecular formula is C9H9ClN2O. The molecule has 0 saturated carbocycles. The number of aromatic nitrogens is 2. The molecule has 2 rings (SSSR count). The SMILES string of the molecule is CCOc1ccc2nc(Cl)[nH]c2c1. The summed E-state index contributed by atoms with van der Waals surface area (Å²) < 4.78 is 5.33. The molecule has 0 saturated heterocycles. The van der Waals surface area contributed by atoms with E-state index in [2.05, 4.69) is 9.97 Å². The number of fused-ring (bicyclic) bond motifs is 1. The first-order chi connectivity index (χ1) is 6.29. The van der Waals surface area contributed by atoms with Crippen molar-refractivity contribution in [3.8, 4) is 5.75 Å². The summed E-state index contributed by atoms with van der Waals surface area (Å²) in [6, 6.07) is 5.64. The van der Waals surface area contributed by atoms with Gasteiger partial charge in [0.05, 0.1) is 17.6 Å². The largest absolute Gasteiger partial charge is 0.494 e. The normalized spacial score (nSPS) is 10.6. The summed E-state index contributed by atoms with van der Waals surface area (Å²) in [5.41, 5.74) is 1.75. The summed E-state index contributed by atoms with van der Waals surface area (Å²) in [6.45, 7) is 2.61. The number of hydrogen-bond acceptors (Lipinski definition) is 2. The minimum absolute atomic E-state index is 0.406. The molecule has 0 unspecified atom stereocenters. The van der Waals surface area contributed by atoms with E-state index < -0.39 is 0 Å². The molecule has 68 valence electrons. The van der Waals surface area contributed by atoms with E-state index in [1.807, 2.05) is 25.1 Å². The lowest BCUT2D eigenvalue weighted by Crippen LogP contribution is -1.90. The average molecular weight is 197 g/mol. The van der Waals surface area contributed by atoms with Crippen LogP contribution in [0.1, 0.15) is 6.92 Å². The Hall–Kier alpha value is -1.22. The Balaban J connectivity index is 2.48. The van der Waals surface area contributed by atoms with Crippen molar-refractivity contribution < 1.29 is 4.74 Å². The number of imidazole rings is 1. The highest BCUT2D eigenvalue weighted by Crippen LogP contribution is 2.20. The molecule has 3 nitrogen and oxygen atoms in total. The Morgan fingerprint density at radius 2 is 2.38 bits per heavy atom. The van der Waals surface area contributed by atoms with Gasteiger partial charge in [0.15, 0.2) is 0 Å². The van der Waals surface area contributed by atoms with Crippen LogP contribution >= 0.6 is 11.6 Å². The first-order valence-corrected chi connectivity index (χ1v) is 4.45. The van der Waals surface area contributed by atoms with Crippen molar-refractivity contribution in [1.29, 1.82) is 0 Å². The van der Waals surface area contributed by atoms with E-state index in [1.54, 1.807) is 0 Å². The van der Waals surface area contributed by atoms with Gasteiger partial charge in [-0.3, -0.25) is 0 Å². The molecule has 0 fully saturated rings. The van der Waals surface area contributed by atoms with Crippen molar-refractivity contribution in [3.05, 3.63) is 23.5 Å². The molecule has 0 aliphatic carbocycles. The first-order valence-electron chi connectivity index (χ1n) is 4.07. The second-order valence-electron chi connectivity index (χ2n) is 2.64. The Morgan fingerprint density at radius 3 is 3.15 bits per heavy atom. The van der Waals surface area contributed by atoms with Gasteiger partial charge in [-0.05, 0) is 30.7 Å². The number of aromatic amines is 1. The maximum Gasteiger partial charge on any atom is 0.201 e. The van der Waals surface area contributed by atoms with Crippen molar-refractivity contribution in [3.63, 3.8) is 0 Å². The third-order valence-corrected chi connectivity index (χ3v) is 1.91. The summed E-state index contributed by atoms with van der Waals surface area (Å²) in [7, 11) is 0. The highest BCUT2D eigenvalue weighted by Gasteiger charge is 2.01. The number of nitrogens with one attached hydrogen (secondary N) is 1. The molecule has 2 aromatic rings. The van der Waals surface area contributed by atoms with Crippen LogP contribution in [0.4, 0.5) is 0 Å². The number of H-pyrrole nitrogens is 1. The van der Waals surface area contributed by atoms with Crippen LogP contribution in [0.5, 0.6) is 5.75 Å². The molecule has 1 N–H and O–H groups in total. The maximum absolute atomic E-state index is 5.71. The molecule has 13 heavy (non-hydrogen) atoms. The smallest absolute Gasteiger partial charge is 0.201 e. The van der Waals surface area contributed by atoms with Gasteiger partial charge in [-0.2, -0.15) is 0 Å². The van der Waals surface area contributed by atoms with Gasteiger partial charge in [0, 0.05) is 6.07 Å². The maximum atomic E-state index is 5.71. The molecule has 1 aromatic carbocycles. The van der Waals surface area contributed by atoms with Crippen LogP contribution in [-0.2, 0) is 0 Å². The van der Waals surface area contributed by atoms with Crippen molar-refractivity contribution in [2.45, 2.75) is 6.92 Å². The number of rotatable bonds is 2. The van der Waals surface area contributed by atoms with E-state index in [4.69, 9.17) is 16.3 Å². The van der Waals surface area contributed by atoms with E-state index in [9.17, 15) is 0 Å². The zero-order valence-corrected chi connectivity index (χ0v) is 7.93. The fraction of sp³-hybridized carbons (Fsp3) is 0.222. The lowest BCUT2D eigenvalue weighted by atomic mass is 10.3. The molecule has 0 amide bonds. The zero-order valence-electron chi connectivity index (χ0n) is 7.17. The van der Waals surface area contributed by atoms with Crippen LogP contribution < -0.4 is 4.74 Å². The van der Waals surface area contributed by atoms with E-state index in [-0.39, 0.29) is 0 Å². The third kappa shape index (κ3) is 1.60. The van der Waals surface area contributed by atoms with Gasteiger partial charge in [0.1, 0.15) is 5.75 Å². The van der Waals surface area contributed by atoms with Crippen LogP contribution in [-0.4, -0.2) is 16.6 Å². The van der Waals surface area contributed by atoms with Gasteiger partial charge in [-0.1, -0.05) is 0 Å². The van der Waals surface area contributed by atoms with Gasteiger partial charge in [-0.25, -0.2) is 4.98 Å². The van der Waals surface area contributed by atoms with Crippen molar-refractivity contribution in [1.82, 2.24) is 9.97 Å². The summed E-state index contributed by atoms with van der Waals surface area (Å²) in [4.78, 5) is 7.00. The first kappa shape index (κ1) is 8.38. The second-order valence-corrected chi connectivity index (χ2v) is 3.00. The van der Waals surface area contributed by atoms with Crippen LogP contribution in [0.2, 0.25) is 5.28 Å². The van der Waals surface area contributed by atoms with Crippen LogP contribution in [0.15, 0.2) is 18.2 Å². The highest BCUT2D eigenvalue weighted by atomic mass is 35.5. The second kappa shape index (κ2) is 3.26. The van der Waals surface area contributed by atoms with Crippen molar-refractivity contribution in [2.75, 3.05) is 6.61 Å². The third-order valence-electron chi connectivity index (χ3n) is 1.74. The number of ether oxygens (including phenoxy) is 1. The summed E-state index contributed by atoms with van der Waals surface area (Å²) in [5, 5.41) is 0.406. The fourth-order valence-electron chi connectivity index (χ4n) is 1.21. The van der Waals surface area contributed by atoms with E-state index in [0.717, 1.165) is 16.8 Å². The Morgan fingerprint density at radius 1 is 1.54 bits per heavy atom. The standard InChI is InChI=1S/C9H9ClN2O/c1-2-13-6-3-4-7-8(5-6)12-9(10)11-7/h3-5H,2H2,1H3,(H,11,12). The lowest BCUT2D eigenvalue weighted by molar-refractivity contribution is 0.340. The Kier molecular flexibility index (Phi) is 2.10. The summed E-state index contributed by atoms with van der Waals surface area (Å²) in [6.07, 6.45) is 0. The van der Waals surface area contributed by atoms with Crippen LogP contribution in [0.25, 0.3) is 11.0 Å². The monoisotopic (exact) mass is 196 g/mol. The van der Waals surface area contributed by atoms with Crippen molar-refractivity contribution >= 4 is 22.6 Å². The van der Waals surface area contributed by atoms with Crippen LogP contribution in [0.3, 0.4) is 0 Å². The van der Waals surface area contributed by atoms with Gasteiger partial charge in [0.2, 0.25) is 5.28 Å². The molecule has 0 radical (unpaired) electrons. The molecule has 0 aliphatic rings.